The van der Waals surface area contributed by atoms with E-state index in [4.69, 9.17) is 5.73 Å². The molecule has 0 spiro atoms. The van der Waals surface area contributed by atoms with Gasteiger partial charge in [-0.3, -0.25) is 4.79 Å². The number of amides is 1. The van der Waals surface area contributed by atoms with E-state index in [-0.39, 0.29) is 5.91 Å². The summed E-state index contributed by atoms with van der Waals surface area (Å²) in [5, 5.41) is 9.21. The molecule has 2 atom stereocenters. The van der Waals surface area contributed by atoms with E-state index in [1.165, 1.54) is 4.90 Å². The minimum absolute atomic E-state index is 0.238. The molecule has 1 heterocycles. The largest absolute Gasteiger partial charge is 0.480 e. The van der Waals surface area contributed by atoms with E-state index >= 15 is 0 Å². The van der Waals surface area contributed by atoms with Crippen molar-refractivity contribution in [3.8, 4) is 0 Å². The minimum atomic E-state index is -0.932. The number of benzene rings is 1. The number of carbonyl (C=O) groups excluding carboxylic acids is 1. The maximum atomic E-state index is 12.4. The maximum absolute atomic E-state index is 12.4. The van der Waals surface area contributed by atoms with E-state index in [1.807, 2.05) is 30.3 Å². The van der Waals surface area contributed by atoms with Gasteiger partial charge in [0, 0.05) is 6.54 Å². The number of carboxylic acid groups (broad SMARTS) is 1. The summed E-state index contributed by atoms with van der Waals surface area (Å²) in [7, 11) is 0. The number of carboxylic acids is 1. The molecule has 1 aromatic carbocycles. The first-order valence-electron chi connectivity index (χ1n) is 7.42. The Balaban J connectivity index is 1.93. The van der Waals surface area contributed by atoms with Crippen molar-refractivity contribution >= 4 is 11.9 Å². The van der Waals surface area contributed by atoms with Gasteiger partial charge in [-0.05, 0) is 37.7 Å². The Morgan fingerprint density at radius 1 is 1.29 bits per heavy atom. The number of hydrogen-bond donors (Lipinski definition) is 2. The molecule has 2 rings (SSSR count). The Kier molecular flexibility index (Phi) is 5.33. The molecule has 1 fully saturated rings. The number of rotatable bonds is 5. The number of likely N-dealkylation sites (tertiary alicyclic amines) is 1. The number of nitrogens with two attached hydrogens (primary N) is 1. The van der Waals surface area contributed by atoms with Crippen LogP contribution in [0.4, 0.5) is 0 Å². The summed E-state index contributed by atoms with van der Waals surface area (Å²) in [5.41, 5.74) is 7.11. The van der Waals surface area contributed by atoms with E-state index in [0.717, 1.165) is 24.8 Å². The lowest BCUT2D eigenvalue weighted by atomic mass is 9.99. The van der Waals surface area contributed by atoms with Gasteiger partial charge in [-0.2, -0.15) is 0 Å². The third-order valence-electron chi connectivity index (χ3n) is 3.97. The Hall–Kier alpha value is -1.88. The third-order valence-corrected chi connectivity index (χ3v) is 3.97. The van der Waals surface area contributed by atoms with Gasteiger partial charge < -0.3 is 15.7 Å². The normalized spacial score (nSPS) is 20.0. The molecular formula is C16H22N2O3. The average molecular weight is 290 g/mol. The first kappa shape index (κ1) is 15.5. The van der Waals surface area contributed by atoms with Crippen molar-refractivity contribution in [2.45, 2.75) is 44.2 Å². The van der Waals surface area contributed by atoms with E-state index in [0.29, 0.717) is 19.4 Å². The zero-order chi connectivity index (χ0) is 15.2. The van der Waals surface area contributed by atoms with Gasteiger partial charge in [0.15, 0.2) is 0 Å². The number of hydrogen-bond acceptors (Lipinski definition) is 3. The van der Waals surface area contributed by atoms with Crippen molar-refractivity contribution < 1.29 is 14.7 Å². The van der Waals surface area contributed by atoms with Gasteiger partial charge in [-0.25, -0.2) is 4.79 Å². The van der Waals surface area contributed by atoms with E-state index in [1.54, 1.807) is 0 Å². The topological polar surface area (TPSA) is 83.6 Å². The fraction of sp³-hybridized carbons (Fsp3) is 0.500. The van der Waals surface area contributed by atoms with Crippen LogP contribution in [0.5, 0.6) is 0 Å². The summed E-state index contributed by atoms with van der Waals surface area (Å²) < 4.78 is 0. The Morgan fingerprint density at radius 2 is 2.00 bits per heavy atom. The molecule has 1 aliphatic rings. The summed E-state index contributed by atoms with van der Waals surface area (Å²) >= 11 is 0. The molecule has 114 valence electrons. The first-order valence-corrected chi connectivity index (χ1v) is 7.42. The van der Waals surface area contributed by atoms with Crippen molar-refractivity contribution in [1.82, 2.24) is 4.90 Å². The lowest BCUT2D eigenvalue weighted by Gasteiger charge is -2.34. The van der Waals surface area contributed by atoms with Gasteiger partial charge in [0.05, 0.1) is 6.04 Å². The molecule has 0 bridgehead atoms. The molecule has 3 N–H and O–H groups in total. The molecule has 21 heavy (non-hydrogen) atoms. The highest BCUT2D eigenvalue weighted by molar-refractivity contribution is 5.87. The zero-order valence-corrected chi connectivity index (χ0v) is 12.1. The van der Waals surface area contributed by atoms with Gasteiger partial charge in [-0.15, -0.1) is 0 Å². The number of aliphatic carboxylic acids is 1. The average Bonchev–Trinajstić information content (AvgIpc) is 2.52. The molecule has 1 aromatic rings. The molecule has 5 nitrogen and oxygen atoms in total. The quantitative estimate of drug-likeness (QED) is 0.859. The maximum Gasteiger partial charge on any atom is 0.326 e. The van der Waals surface area contributed by atoms with Gasteiger partial charge in [0.1, 0.15) is 6.04 Å². The lowest BCUT2D eigenvalue weighted by Crippen LogP contribution is -2.53. The monoisotopic (exact) mass is 290 g/mol. The minimum Gasteiger partial charge on any atom is -0.480 e. The fourth-order valence-corrected chi connectivity index (χ4v) is 2.76. The first-order chi connectivity index (χ1) is 10.1. The second-order valence-electron chi connectivity index (χ2n) is 5.51. The Bertz CT molecular complexity index is 490. The van der Waals surface area contributed by atoms with Crippen molar-refractivity contribution in [1.29, 1.82) is 0 Å². The molecule has 0 saturated carbocycles. The molecule has 0 radical (unpaired) electrons. The highest BCUT2D eigenvalue weighted by Crippen LogP contribution is 2.19. The Labute approximate surface area is 124 Å². The molecule has 0 aliphatic carbocycles. The van der Waals surface area contributed by atoms with Crippen molar-refractivity contribution in [2.24, 2.45) is 5.73 Å². The van der Waals surface area contributed by atoms with E-state index in [9.17, 15) is 14.7 Å². The van der Waals surface area contributed by atoms with Crippen LogP contribution >= 0.6 is 0 Å². The third kappa shape index (κ3) is 4.04. The SMILES string of the molecule is NC(CCc1ccccc1)C(=O)N1CCCCC1C(=O)O. The van der Waals surface area contributed by atoms with Gasteiger partial charge >= 0.3 is 5.97 Å². The number of aryl methyl sites for hydroxylation is 1. The zero-order valence-electron chi connectivity index (χ0n) is 12.1. The fourth-order valence-electron chi connectivity index (χ4n) is 2.76. The highest BCUT2D eigenvalue weighted by atomic mass is 16.4. The predicted molar refractivity (Wildman–Crippen MR) is 79.7 cm³/mol. The van der Waals surface area contributed by atoms with Gasteiger partial charge in [0.25, 0.3) is 0 Å². The number of piperidine rings is 1. The van der Waals surface area contributed by atoms with Crippen LogP contribution in [0.25, 0.3) is 0 Å². The van der Waals surface area contributed by atoms with Crippen LogP contribution in [0.15, 0.2) is 30.3 Å². The lowest BCUT2D eigenvalue weighted by molar-refractivity contribution is -0.152. The molecule has 1 amide bonds. The standard InChI is InChI=1S/C16H22N2O3/c17-13(10-9-12-6-2-1-3-7-12)15(19)18-11-5-4-8-14(18)16(20)21/h1-3,6-7,13-14H,4-5,8-11,17H2,(H,20,21). The van der Waals surface area contributed by atoms with E-state index in [2.05, 4.69) is 0 Å². The van der Waals surface area contributed by atoms with Gasteiger partial charge in [-0.1, -0.05) is 30.3 Å². The smallest absolute Gasteiger partial charge is 0.326 e. The van der Waals surface area contributed by atoms with Crippen LogP contribution in [-0.2, 0) is 16.0 Å². The molecule has 1 aliphatic heterocycles. The summed E-state index contributed by atoms with van der Waals surface area (Å²) in [4.78, 5) is 25.1. The summed E-state index contributed by atoms with van der Waals surface area (Å²) in [5.74, 6) is -1.17. The molecule has 1 saturated heterocycles. The Morgan fingerprint density at radius 3 is 2.67 bits per heavy atom. The van der Waals surface area contributed by atoms with Crippen LogP contribution in [-0.4, -0.2) is 40.5 Å². The van der Waals surface area contributed by atoms with Crippen LogP contribution in [0.1, 0.15) is 31.2 Å². The van der Waals surface area contributed by atoms with E-state index < -0.39 is 18.1 Å². The summed E-state index contributed by atoms with van der Waals surface area (Å²) in [6.07, 6.45) is 3.47. The van der Waals surface area contributed by atoms with Crippen molar-refractivity contribution in [3.05, 3.63) is 35.9 Å². The molecule has 5 heteroatoms. The second kappa shape index (κ2) is 7.22. The van der Waals surface area contributed by atoms with Crippen LogP contribution in [0.2, 0.25) is 0 Å². The highest BCUT2D eigenvalue weighted by Gasteiger charge is 2.33. The van der Waals surface area contributed by atoms with Crippen molar-refractivity contribution in [3.63, 3.8) is 0 Å². The van der Waals surface area contributed by atoms with Crippen LogP contribution in [0, 0.1) is 0 Å². The predicted octanol–water partition coefficient (Wildman–Crippen LogP) is 1.41. The number of nitrogens with zero attached hydrogens (tertiary/aromatic N) is 1. The van der Waals surface area contributed by atoms with Crippen LogP contribution in [0.3, 0.4) is 0 Å². The summed E-state index contributed by atoms with van der Waals surface area (Å²) in [6, 6.07) is 8.50. The summed E-state index contributed by atoms with van der Waals surface area (Å²) in [6.45, 7) is 0.495. The second-order valence-corrected chi connectivity index (χ2v) is 5.51. The number of carbonyl (C=O) groups is 2. The van der Waals surface area contributed by atoms with Crippen molar-refractivity contribution in [2.75, 3.05) is 6.54 Å². The molecule has 2 unspecified atom stereocenters. The molecule has 0 aromatic heterocycles. The van der Waals surface area contributed by atoms with Gasteiger partial charge in [0.2, 0.25) is 5.91 Å². The molecular weight excluding hydrogens is 268 g/mol. The van der Waals surface area contributed by atoms with Crippen LogP contribution < -0.4 is 5.73 Å².